The Kier molecular flexibility index (Phi) is 4.17. The number of anilines is 1. The number of thiophene rings is 1. The van der Waals surface area contributed by atoms with E-state index in [1.807, 2.05) is 11.4 Å². The van der Waals surface area contributed by atoms with E-state index in [1.165, 1.54) is 9.18 Å². The van der Waals surface area contributed by atoms with Crippen LogP contribution in [0.1, 0.15) is 10.4 Å². The first-order valence-electron chi connectivity index (χ1n) is 6.19. The molecule has 0 atom stereocenters. The van der Waals surface area contributed by atoms with Gasteiger partial charge >= 0.3 is 0 Å². The van der Waals surface area contributed by atoms with Crippen LogP contribution in [-0.4, -0.2) is 19.3 Å². The van der Waals surface area contributed by atoms with Gasteiger partial charge in [-0.05, 0) is 67.4 Å². The van der Waals surface area contributed by atoms with E-state index >= 15 is 0 Å². The summed E-state index contributed by atoms with van der Waals surface area (Å²) in [5.41, 5.74) is 7.33. The number of rotatable bonds is 2. The van der Waals surface area contributed by atoms with E-state index in [4.69, 9.17) is 5.73 Å². The van der Waals surface area contributed by atoms with Crippen LogP contribution in [0.5, 0.6) is 0 Å². The maximum atomic E-state index is 12.9. The molecule has 112 valence electrons. The molecule has 1 aromatic carbocycles. The summed E-state index contributed by atoms with van der Waals surface area (Å²) in [6.07, 6.45) is 0.760. The number of nitrogens with zero attached hydrogens (tertiary/aromatic N) is 1. The van der Waals surface area contributed by atoms with E-state index in [0.717, 1.165) is 12.0 Å². The largest absolute Gasteiger partial charge is 0.399 e. The van der Waals surface area contributed by atoms with Crippen LogP contribution >= 0.6 is 43.2 Å². The normalized spacial score (nSPS) is 15.9. The molecular formula is C13H12Br2N2O2S2. The number of sulfonamides is 1. The Balaban J connectivity index is 2.03. The molecule has 0 saturated carbocycles. The van der Waals surface area contributed by atoms with E-state index in [9.17, 15) is 8.42 Å². The quantitative estimate of drug-likeness (QED) is 0.709. The van der Waals surface area contributed by atoms with Gasteiger partial charge in [0.15, 0.2) is 0 Å². The van der Waals surface area contributed by atoms with Gasteiger partial charge in [-0.1, -0.05) is 0 Å². The summed E-state index contributed by atoms with van der Waals surface area (Å²) in [5, 5.41) is 2.01. The molecule has 0 aliphatic carbocycles. The number of nitrogens with two attached hydrogens (primary N) is 1. The van der Waals surface area contributed by atoms with E-state index in [2.05, 4.69) is 31.9 Å². The van der Waals surface area contributed by atoms with Gasteiger partial charge in [0, 0.05) is 32.6 Å². The van der Waals surface area contributed by atoms with E-state index in [1.54, 1.807) is 23.5 Å². The van der Waals surface area contributed by atoms with Gasteiger partial charge in [0.05, 0.1) is 0 Å². The maximum absolute atomic E-state index is 12.9. The molecule has 1 aromatic heterocycles. The molecule has 1 aliphatic heterocycles. The van der Waals surface area contributed by atoms with Crippen LogP contribution in [0.25, 0.3) is 0 Å². The Morgan fingerprint density at radius 1 is 1.24 bits per heavy atom. The van der Waals surface area contributed by atoms with Crippen molar-refractivity contribution in [1.29, 1.82) is 0 Å². The monoisotopic (exact) mass is 450 g/mol. The highest BCUT2D eigenvalue weighted by Gasteiger charge is 2.32. The summed E-state index contributed by atoms with van der Waals surface area (Å²) < 4.78 is 28.3. The van der Waals surface area contributed by atoms with E-state index < -0.39 is 10.0 Å². The lowest BCUT2D eigenvalue weighted by Crippen LogP contribution is -2.35. The minimum atomic E-state index is -3.57. The average molecular weight is 452 g/mol. The first-order chi connectivity index (χ1) is 9.89. The third-order valence-corrected chi connectivity index (χ3v) is 8.14. The maximum Gasteiger partial charge on any atom is 0.245 e. The van der Waals surface area contributed by atoms with Crippen molar-refractivity contribution in [2.24, 2.45) is 0 Å². The van der Waals surface area contributed by atoms with Crippen molar-refractivity contribution in [3.63, 3.8) is 0 Å². The van der Waals surface area contributed by atoms with E-state index in [-0.39, 0.29) is 4.90 Å². The zero-order valence-corrected chi connectivity index (χ0v) is 15.6. The van der Waals surface area contributed by atoms with Crippen LogP contribution < -0.4 is 5.73 Å². The Morgan fingerprint density at radius 2 is 1.90 bits per heavy atom. The van der Waals surface area contributed by atoms with Crippen LogP contribution in [0.2, 0.25) is 0 Å². The predicted octanol–water partition coefficient (Wildman–Crippen LogP) is 3.60. The van der Waals surface area contributed by atoms with Gasteiger partial charge in [-0.3, -0.25) is 0 Å². The number of hydrogen-bond donors (Lipinski definition) is 1. The summed E-state index contributed by atoms with van der Waals surface area (Å²) in [7, 11) is -3.57. The fourth-order valence-corrected chi connectivity index (χ4v) is 7.23. The van der Waals surface area contributed by atoms with Crippen molar-refractivity contribution < 1.29 is 8.42 Å². The van der Waals surface area contributed by atoms with E-state index in [0.29, 0.717) is 27.7 Å². The summed E-state index contributed by atoms with van der Waals surface area (Å²) in [6, 6.07) is 5.21. The molecule has 0 amide bonds. The van der Waals surface area contributed by atoms with Crippen LogP contribution in [-0.2, 0) is 23.0 Å². The predicted molar refractivity (Wildman–Crippen MR) is 91.9 cm³/mol. The molecule has 21 heavy (non-hydrogen) atoms. The Labute approximate surface area is 144 Å². The number of hydrogen-bond acceptors (Lipinski definition) is 4. The molecule has 3 rings (SSSR count). The smallest absolute Gasteiger partial charge is 0.245 e. The van der Waals surface area contributed by atoms with Crippen molar-refractivity contribution in [3.05, 3.63) is 43.0 Å². The zero-order chi connectivity index (χ0) is 15.2. The van der Waals surface area contributed by atoms with Gasteiger partial charge < -0.3 is 5.73 Å². The Hall–Kier alpha value is -0.410. The highest BCUT2D eigenvalue weighted by atomic mass is 79.9. The highest BCUT2D eigenvalue weighted by Crippen LogP contribution is 2.36. The number of fused-ring (bicyclic) bond motifs is 1. The van der Waals surface area contributed by atoms with Crippen molar-refractivity contribution in [2.75, 3.05) is 12.3 Å². The SMILES string of the molecule is Nc1cc(Br)c(S(=O)(=O)N2CCc3sccc3C2)c(Br)c1. The number of halogens is 2. The minimum Gasteiger partial charge on any atom is -0.399 e. The lowest BCUT2D eigenvalue weighted by atomic mass is 10.1. The van der Waals surface area contributed by atoms with Crippen molar-refractivity contribution in [2.45, 2.75) is 17.9 Å². The highest BCUT2D eigenvalue weighted by molar-refractivity contribution is 9.11. The standard InChI is InChI=1S/C13H12Br2N2O2S2/c14-10-5-9(16)6-11(15)13(10)21(18,19)17-3-1-12-8(7-17)2-4-20-12/h2,4-6H,1,3,7,16H2. The first-order valence-corrected chi connectivity index (χ1v) is 10.1. The molecule has 0 spiro atoms. The lowest BCUT2D eigenvalue weighted by molar-refractivity contribution is 0.393. The second-order valence-corrected chi connectivity index (χ2v) is 9.36. The third kappa shape index (κ3) is 2.79. The van der Waals surface area contributed by atoms with Crippen molar-refractivity contribution >= 4 is 58.9 Å². The van der Waals surface area contributed by atoms with Gasteiger partial charge in [-0.2, -0.15) is 4.31 Å². The molecule has 2 N–H and O–H groups in total. The van der Waals surface area contributed by atoms with Gasteiger partial charge in [-0.15, -0.1) is 11.3 Å². The third-order valence-electron chi connectivity index (χ3n) is 3.39. The minimum absolute atomic E-state index is 0.232. The molecule has 1 aliphatic rings. The summed E-state index contributed by atoms with van der Waals surface area (Å²) >= 11 is 8.31. The molecule has 4 nitrogen and oxygen atoms in total. The fourth-order valence-electron chi connectivity index (χ4n) is 2.38. The molecule has 0 bridgehead atoms. The zero-order valence-electron chi connectivity index (χ0n) is 10.8. The Bertz CT molecular complexity index is 779. The molecule has 8 heteroatoms. The summed E-state index contributed by atoms with van der Waals surface area (Å²) in [5.74, 6) is 0. The molecule has 0 saturated heterocycles. The summed E-state index contributed by atoms with van der Waals surface area (Å²) in [4.78, 5) is 1.51. The van der Waals surface area contributed by atoms with Crippen LogP contribution in [0.4, 0.5) is 5.69 Å². The molecule has 2 heterocycles. The second-order valence-electron chi connectivity index (χ2n) is 4.77. The van der Waals surface area contributed by atoms with Crippen LogP contribution in [0, 0.1) is 0 Å². The fraction of sp³-hybridized carbons (Fsp3) is 0.231. The lowest BCUT2D eigenvalue weighted by Gasteiger charge is -2.27. The van der Waals surface area contributed by atoms with Crippen molar-refractivity contribution in [1.82, 2.24) is 4.31 Å². The first kappa shape index (κ1) is 15.5. The Morgan fingerprint density at radius 3 is 2.57 bits per heavy atom. The molecule has 0 radical (unpaired) electrons. The van der Waals surface area contributed by atoms with Gasteiger partial charge in [0.25, 0.3) is 0 Å². The van der Waals surface area contributed by atoms with Gasteiger partial charge in [-0.25, -0.2) is 8.42 Å². The van der Waals surface area contributed by atoms with Crippen LogP contribution in [0.15, 0.2) is 37.4 Å². The summed E-state index contributed by atoms with van der Waals surface area (Å²) in [6.45, 7) is 0.920. The number of benzene rings is 1. The number of nitrogen functional groups attached to an aromatic ring is 1. The average Bonchev–Trinajstić information content (AvgIpc) is 2.83. The van der Waals surface area contributed by atoms with Gasteiger partial charge in [0.1, 0.15) is 4.90 Å². The topological polar surface area (TPSA) is 63.4 Å². The van der Waals surface area contributed by atoms with Gasteiger partial charge in [0.2, 0.25) is 10.0 Å². The molecule has 2 aromatic rings. The molecular weight excluding hydrogens is 440 g/mol. The second kappa shape index (κ2) is 5.66. The van der Waals surface area contributed by atoms with Crippen molar-refractivity contribution in [3.8, 4) is 0 Å². The molecule has 0 fully saturated rings. The molecule has 0 unspecified atom stereocenters. The van der Waals surface area contributed by atoms with Crippen LogP contribution in [0.3, 0.4) is 0 Å².